The van der Waals surface area contributed by atoms with Gasteiger partial charge in [-0.25, -0.2) is 5.06 Å². The van der Waals surface area contributed by atoms with Gasteiger partial charge in [0, 0.05) is 44.6 Å². The van der Waals surface area contributed by atoms with Crippen molar-refractivity contribution >= 4 is 12.4 Å². The number of benzene rings is 1. The maximum absolute atomic E-state index is 13.1. The lowest BCUT2D eigenvalue weighted by atomic mass is 9.78. The molecule has 1 N–H and O–H groups in total. The van der Waals surface area contributed by atoms with E-state index in [1.807, 2.05) is 12.1 Å². The van der Waals surface area contributed by atoms with E-state index in [9.17, 15) is 4.79 Å². The van der Waals surface area contributed by atoms with Crippen LogP contribution in [0, 0.1) is 11.8 Å². The van der Waals surface area contributed by atoms with Crippen LogP contribution >= 0.6 is 0 Å². The smallest absolute Gasteiger partial charge is 0.290 e. The third-order valence-corrected chi connectivity index (χ3v) is 6.06. The van der Waals surface area contributed by atoms with E-state index in [1.165, 1.54) is 5.56 Å². The number of nitrogens with zero attached hydrogens (tertiary/aromatic N) is 2. The predicted octanol–water partition coefficient (Wildman–Crippen LogP) is 2.18. The number of amides is 1. The number of fused-ring (bicyclic) bond motifs is 1. The normalized spacial score (nSPS) is 26.7. The van der Waals surface area contributed by atoms with Gasteiger partial charge < -0.3 is 14.6 Å². The van der Waals surface area contributed by atoms with Crippen LogP contribution in [0.1, 0.15) is 31.2 Å². The molecule has 30 heavy (non-hydrogen) atoms. The third kappa shape index (κ3) is 5.71. The molecular weight excluding hydrogens is 388 g/mol. The molecule has 166 valence electrons. The fraction of sp³-hybridized carbons (Fsp3) is 0.636. The molecule has 1 aromatic rings. The van der Waals surface area contributed by atoms with E-state index in [4.69, 9.17) is 24.2 Å². The number of carbonyl (C=O) groups excluding carboxylic acids is 1. The Bertz CT molecular complexity index is 694. The zero-order valence-electron chi connectivity index (χ0n) is 17.6. The van der Waals surface area contributed by atoms with Crippen LogP contribution in [0.25, 0.3) is 0 Å². The molecule has 1 aromatic carbocycles. The van der Waals surface area contributed by atoms with E-state index in [-0.39, 0.29) is 30.3 Å². The predicted molar refractivity (Wildman–Crippen MR) is 110 cm³/mol. The van der Waals surface area contributed by atoms with Gasteiger partial charge in [0.25, 0.3) is 6.47 Å². The Morgan fingerprint density at radius 3 is 2.83 bits per heavy atom. The second kappa shape index (κ2) is 11.3. The zero-order valence-corrected chi connectivity index (χ0v) is 17.6. The second-order valence-corrected chi connectivity index (χ2v) is 7.93. The summed E-state index contributed by atoms with van der Waals surface area (Å²) < 4.78 is 11.4. The van der Waals surface area contributed by atoms with E-state index in [0.717, 1.165) is 57.6 Å². The van der Waals surface area contributed by atoms with Crippen molar-refractivity contribution in [3.05, 3.63) is 29.8 Å². The molecule has 3 fully saturated rings. The van der Waals surface area contributed by atoms with Gasteiger partial charge in [0.15, 0.2) is 0 Å². The van der Waals surface area contributed by atoms with E-state index < -0.39 is 0 Å². The number of likely N-dealkylation sites (tertiary alicyclic amines) is 1. The van der Waals surface area contributed by atoms with Crippen molar-refractivity contribution in [2.75, 3.05) is 40.0 Å². The minimum absolute atomic E-state index is 0.00922. The van der Waals surface area contributed by atoms with Gasteiger partial charge in [-0.1, -0.05) is 12.1 Å². The molecule has 8 heteroatoms. The number of carbonyl (C=O) groups is 2. The van der Waals surface area contributed by atoms with Gasteiger partial charge in [0.2, 0.25) is 5.91 Å². The summed E-state index contributed by atoms with van der Waals surface area (Å²) in [5, 5.41) is 8.51. The molecule has 0 radical (unpaired) electrons. The lowest BCUT2D eigenvalue weighted by Crippen LogP contribution is -2.54. The minimum Gasteiger partial charge on any atom is -0.497 e. The fourth-order valence-corrected chi connectivity index (χ4v) is 4.62. The van der Waals surface area contributed by atoms with Gasteiger partial charge >= 0.3 is 0 Å². The molecule has 3 atom stereocenters. The minimum atomic E-state index is -0.250. The molecule has 0 bridgehead atoms. The first kappa shape index (κ1) is 22.5. The van der Waals surface area contributed by atoms with Crippen molar-refractivity contribution < 1.29 is 29.0 Å². The molecule has 0 spiro atoms. The molecule has 8 nitrogen and oxygen atoms in total. The number of hydroxylamine groups is 2. The highest BCUT2D eigenvalue weighted by atomic mass is 16.7. The van der Waals surface area contributed by atoms with Gasteiger partial charge in [-0.15, -0.1) is 0 Å². The highest BCUT2D eigenvalue weighted by Crippen LogP contribution is 2.35. The Hall–Kier alpha value is -2.16. The van der Waals surface area contributed by atoms with Crippen LogP contribution in [0.5, 0.6) is 5.75 Å². The van der Waals surface area contributed by atoms with E-state index in [1.54, 1.807) is 12.2 Å². The summed E-state index contributed by atoms with van der Waals surface area (Å²) in [4.78, 5) is 29.5. The molecule has 3 saturated heterocycles. The maximum Gasteiger partial charge on any atom is 0.290 e. The summed E-state index contributed by atoms with van der Waals surface area (Å²) in [6, 6.07) is 8.23. The van der Waals surface area contributed by atoms with Crippen LogP contribution in [0.2, 0.25) is 0 Å². The van der Waals surface area contributed by atoms with Crippen LogP contribution in [0.4, 0.5) is 0 Å². The number of methoxy groups -OCH3 is 1. The summed E-state index contributed by atoms with van der Waals surface area (Å²) in [6.07, 6.45) is 4.05. The van der Waals surface area contributed by atoms with Crippen molar-refractivity contribution in [2.24, 2.45) is 11.8 Å². The molecule has 0 aliphatic carbocycles. The number of hydrogen-bond acceptors (Lipinski definition) is 6. The molecule has 0 saturated carbocycles. The Balaban J connectivity index is 0.000000806. The van der Waals surface area contributed by atoms with Crippen LogP contribution < -0.4 is 4.74 Å². The first-order valence-corrected chi connectivity index (χ1v) is 10.6. The van der Waals surface area contributed by atoms with Gasteiger partial charge in [0.05, 0.1) is 19.8 Å². The maximum atomic E-state index is 13.1. The van der Waals surface area contributed by atoms with Crippen molar-refractivity contribution in [2.45, 2.75) is 38.3 Å². The van der Waals surface area contributed by atoms with Crippen LogP contribution in [0.3, 0.4) is 0 Å². The lowest BCUT2D eigenvalue weighted by Gasteiger charge is -2.45. The van der Waals surface area contributed by atoms with Crippen LogP contribution in [0.15, 0.2) is 24.3 Å². The summed E-state index contributed by atoms with van der Waals surface area (Å²) in [7, 11) is 1.70. The number of rotatable bonds is 4. The molecule has 1 amide bonds. The van der Waals surface area contributed by atoms with Crippen LogP contribution in [-0.4, -0.2) is 73.5 Å². The summed E-state index contributed by atoms with van der Waals surface area (Å²) >= 11 is 0. The molecule has 3 heterocycles. The average Bonchev–Trinajstić information content (AvgIpc) is 2.79. The number of ether oxygens (including phenoxy) is 2. The summed E-state index contributed by atoms with van der Waals surface area (Å²) in [5.41, 5.74) is 1.24. The summed E-state index contributed by atoms with van der Waals surface area (Å²) in [6.45, 7) is 4.58. The van der Waals surface area contributed by atoms with Crippen LogP contribution in [-0.2, 0) is 25.7 Å². The lowest BCUT2D eigenvalue weighted by molar-refractivity contribution is -0.209. The number of hydrogen-bond donors (Lipinski definition) is 1. The van der Waals surface area contributed by atoms with E-state index in [2.05, 4.69) is 17.0 Å². The average molecular weight is 421 g/mol. The number of carboxylic acid groups (broad SMARTS) is 1. The first-order chi connectivity index (χ1) is 14.7. The SMILES string of the molecule is COc1cccc(CN2CC[C@H]3OCC[C@@H](C(=O)N4CCCCO4)[C@@H]3C2)c1.O=CO. The molecule has 4 rings (SSSR count). The van der Waals surface area contributed by atoms with E-state index >= 15 is 0 Å². The first-order valence-electron chi connectivity index (χ1n) is 10.6. The summed E-state index contributed by atoms with van der Waals surface area (Å²) in [5.74, 6) is 1.31. The topological polar surface area (TPSA) is 88.5 Å². The quantitative estimate of drug-likeness (QED) is 0.747. The monoisotopic (exact) mass is 420 g/mol. The van der Waals surface area contributed by atoms with E-state index in [0.29, 0.717) is 13.2 Å². The molecule has 0 unspecified atom stereocenters. The van der Waals surface area contributed by atoms with Crippen molar-refractivity contribution in [1.82, 2.24) is 9.96 Å². The highest BCUT2D eigenvalue weighted by Gasteiger charge is 2.43. The highest BCUT2D eigenvalue weighted by molar-refractivity contribution is 5.78. The Morgan fingerprint density at radius 2 is 2.10 bits per heavy atom. The largest absolute Gasteiger partial charge is 0.497 e. The standard InChI is InChI=1S/C21H30N2O4.CH2O2/c1-25-17-6-4-5-16(13-17)14-22-10-7-20-19(15-22)18(8-12-26-20)21(24)23-9-2-3-11-27-23;2-1-3/h4-6,13,18-20H,2-3,7-12,14-15H2,1H3;1H,(H,2,3)/t18-,19+,20-;/m1./s1. The van der Waals surface area contributed by atoms with Crippen molar-refractivity contribution in [1.29, 1.82) is 0 Å². The van der Waals surface area contributed by atoms with Gasteiger partial charge in [-0.3, -0.25) is 19.3 Å². The number of piperidine rings is 1. The molecule has 3 aliphatic heterocycles. The van der Waals surface area contributed by atoms with Gasteiger partial charge in [-0.2, -0.15) is 0 Å². The third-order valence-electron chi connectivity index (χ3n) is 6.06. The van der Waals surface area contributed by atoms with Crippen molar-refractivity contribution in [3.8, 4) is 5.75 Å². The zero-order chi connectivity index (χ0) is 21.3. The molecule has 3 aliphatic rings. The molecular formula is C22H32N2O6. The Kier molecular flexibility index (Phi) is 8.48. The van der Waals surface area contributed by atoms with Gasteiger partial charge in [-0.05, 0) is 43.4 Å². The Morgan fingerprint density at radius 1 is 1.27 bits per heavy atom. The van der Waals surface area contributed by atoms with Crippen molar-refractivity contribution in [3.63, 3.8) is 0 Å². The fourth-order valence-electron chi connectivity index (χ4n) is 4.62. The Labute approximate surface area is 177 Å². The van der Waals surface area contributed by atoms with Gasteiger partial charge in [0.1, 0.15) is 5.75 Å². The molecule has 0 aromatic heterocycles. The second-order valence-electron chi connectivity index (χ2n) is 7.93.